The number of nitrogens with two attached hydrogens (primary N) is 1. The first-order valence-electron chi connectivity index (χ1n) is 10.2. The van der Waals surface area contributed by atoms with Gasteiger partial charge < -0.3 is 20.2 Å². The van der Waals surface area contributed by atoms with Gasteiger partial charge in [-0.15, -0.1) is 0 Å². The lowest BCUT2D eigenvalue weighted by Crippen LogP contribution is -2.43. The highest BCUT2D eigenvalue weighted by molar-refractivity contribution is 5.92. The number of hydrogen-bond donors (Lipinski definition) is 2. The fourth-order valence-electron chi connectivity index (χ4n) is 3.21. The minimum atomic E-state index is -0.608. The second-order valence-corrected chi connectivity index (χ2v) is 7.05. The van der Waals surface area contributed by atoms with Gasteiger partial charge in [0.15, 0.2) is 11.6 Å². The van der Waals surface area contributed by atoms with Gasteiger partial charge in [-0.3, -0.25) is 14.6 Å². The third-order valence-corrected chi connectivity index (χ3v) is 4.67. The molecule has 8 nitrogen and oxygen atoms in total. The van der Waals surface area contributed by atoms with Crippen molar-refractivity contribution in [3.05, 3.63) is 83.8 Å². The van der Waals surface area contributed by atoms with Crippen molar-refractivity contribution in [3.8, 4) is 0 Å². The highest BCUT2D eigenvalue weighted by atomic mass is 16.5. The second-order valence-electron chi connectivity index (χ2n) is 7.05. The van der Waals surface area contributed by atoms with Crippen LogP contribution in [0.1, 0.15) is 46.9 Å². The van der Waals surface area contributed by atoms with Crippen molar-refractivity contribution in [3.63, 3.8) is 0 Å². The normalized spacial score (nSPS) is 12.7. The molecule has 0 aliphatic carbocycles. The van der Waals surface area contributed by atoms with E-state index in [0.29, 0.717) is 25.3 Å². The number of carbonyl (C=O) groups excluding carboxylic acids is 2. The van der Waals surface area contributed by atoms with Crippen molar-refractivity contribution in [2.24, 2.45) is 5.73 Å². The predicted molar refractivity (Wildman–Crippen MR) is 114 cm³/mol. The van der Waals surface area contributed by atoms with Crippen LogP contribution in [-0.2, 0) is 22.4 Å². The summed E-state index contributed by atoms with van der Waals surface area (Å²) in [7, 11) is 0. The molecule has 8 heteroatoms. The molecule has 3 rings (SSSR count). The average molecular weight is 422 g/mol. The number of pyridine rings is 1. The largest absolute Gasteiger partial charge is 0.466 e. The van der Waals surface area contributed by atoms with E-state index in [1.807, 2.05) is 48.5 Å². The van der Waals surface area contributed by atoms with E-state index < -0.39 is 12.1 Å². The molecule has 31 heavy (non-hydrogen) atoms. The highest BCUT2D eigenvalue weighted by Gasteiger charge is 2.22. The summed E-state index contributed by atoms with van der Waals surface area (Å²) in [4.78, 5) is 33.0. The van der Waals surface area contributed by atoms with Gasteiger partial charge >= 0.3 is 5.97 Å². The maximum Gasteiger partial charge on any atom is 0.306 e. The number of ether oxygens (including phenoxy) is 1. The number of benzene rings is 1. The van der Waals surface area contributed by atoms with E-state index in [-0.39, 0.29) is 24.0 Å². The Morgan fingerprint density at radius 1 is 1.13 bits per heavy atom. The van der Waals surface area contributed by atoms with E-state index in [1.54, 1.807) is 13.1 Å². The molecule has 0 saturated carbocycles. The molecule has 0 aliphatic heterocycles. The molecule has 2 heterocycles. The number of carbonyl (C=O) groups is 2. The Morgan fingerprint density at radius 3 is 2.61 bits per heavy atom. The van der Waals surface area contributed by atoms with Crippen LogP contribution in [0.2, 0.25) is 0 Å². The standard InChI is InChI=1S/C23H26N4O4/c1-2-30-22(28)13-17(16-8-4-3-5-9-16)12-21-26-19(15-31-21)23(29)27-20(24)14-18-10-6-7-11-25-18/h3-11,15,17,20H,2,12-14,24H2,1H3,(H,27,29). The van der Waals surface area contributed by atoms with Crippen LogP contribution in [0.3, 0.4) is 0 Å². The summed E-state index contributed by atoms with van der Waals surface area (Å²) in [5.74, 6) is -0.538. The van der Waals surface area contributed by atoms with Crippen LogP contribution in [0.15, 0.2) is 65.4 Å². The monoisotopic (exact) mass is 422 g/mol. The third kappa shape index (κ3) is 6.75. The van der Waals surface area contributed by atoms with Crippen molar-refractivity contribution < 1.29 is 18.7 Å². The van der Waals surface area contributed by atoms with Crippen LogP contribution < -0.4 is 11.1 Å². The molecule has 2 unspecified atom stereocenters. The zero-order valence-electron chi connectivity index (χ0n) is 17.4. The molecule has 162 valence electrons. The zero-order chi connectivity index (χ0) is 22.1. The van der Waals surface area contributed by atoms with E-state index in [9.17, 15) is 9.59 Å². The fraction of sp³-hybridized carbons (Fsp3) is 0.304. The summed E-state index contributed by atoms with van der Waals surface area (Å²) in [5.41, 5.74) is 7.89. The minimum absolute atomic E-state index is 0.134. The Kier molecular flexibility index (Phi) is 7.89. The third-order valence-electron chi connectivity index (χ3n) is 4.67. The average Bonchev–Trinajstić information content (AvgIpc) is 3.23. The molecule has 3 N–H and O–H groups in total. The van der Waals surface area contributed by atoms with Crippen LogP contribution in [0.5, 0.6) is 0 Å². The molecule has 1 aromatic carbocycles. The molecule has 0 spiro atoms. The summed E-state index contributed by atoms with van der Waals surface area (Å²) in [6.45, 7) is 2.09. The van der Waals surface area contributed by atoms with Crippen molar-refractivity contribution in [2.45, 2.75) is 38.3 Å². The van der Waals surface area contributed by atoms with Gasteiger partial charge in [-0.05, 0) is 24.6 Å². The summed E-state index contributed by atoms with van der Waals surface area (Å²) in [6.07, 6.45) is 3.31. The molecular formula is C23H26N4O4. The highest BCUT2D eigenvalue weighted by Crippen LogP contribution is 2.25. The number of hydrogen-bond acceptors (Lipinski definition) is 7. The second kappa shape index (κ2) is 11.0. The van der Waals surface area contributed by atoms with Crippen molar-refractivity contribution in [1.82, 2.24) is 15.3 Å². The Hall–Kier alpha value is -3.52. The molecule has 0 aliphatic rings. The molecule has 0 bridgehead atoms. The molecule has 0 saturated heterocycles. The molecule has 2 atom stereocenters. The summed E-state index contributed by atoms with van der Waals surface area (Å²) >= 11 is 0. The summed E-state index contributed by atoms with van der Waals surface area (Å²) < 4.78 is 10.6. The molecular weight excluding hydrogens is 396 g/mol. The Labute approximate surface area is 180 Å². The number of nitrogens with one attached hydrogen (secondary N) is 1. The van der Waals surface area contributed by atoms with Crippen LogP contribution in [0.4, 0.5) is 0 Å². The van der Waals surface area contributed by atoms with E-state index >= 15 is 0 Å². The summed E-state index contributed by atoms with van der Waals surface area (Å²) in [5, 5.41) is 2.69. The van der Waals surface area contributed by atoms with Crippen molar-refractivity contribution in [1.29, 1.82) is 0 Å². The van der Waals surface area contributed by atoms with Crippen LogP contribution >= 0.6 is 0 Å². The van der Waals surface area contributed by atoms with E-state index in [4.69, 9.17) is 14.9 Å². The maximum atomic E-state index is 12.5. The van der Waals surface area contributed by atoms with Gasteiger partial charge in [-0.2, -0.15) is 0 Å². The van der Waals surface area contributed by atoms with Crippen molar-refractivity contribution >= 4 is 11.9 Å². The molecule has 3 aromatic rings. The maximum absolute atomic E-state index is 12.5. The number of nitrogens with zero attached hydrogens (tertiary/aromatic N) is 2. The van der Waals surface area contributed by atoms with Crippen LogP contribution in [0.25, 0.3) is 0 Å². The van der Waals surface area contributed by atoms with Gasteiger partial charge in [-0.25, -0.2) is 4.98 Å². The molecule has 1 amide bonds. The van der Waals surface area contributed by atoms with Gasteiger partial charge in [0.05, 0.1) is 19.2 Å². The van der Waals surface area contributed by atoms with E-state index in [0.717, 1.165) is 11.3 Å². The van der Waals surface area contributed by atoms with Crippen LogP contribution in [0, 0.1) is 0 Å². The SMILES string of the molecule is CCOC(=O)CC(Cc1nc(C(=O)NC(N)Cc2ccccn2)co1)c1ccccc1. The Morgan fingerprint density at radius 2 is 1.90 bits per heavy atom. The lowest BCUT2D eigenvalue weighted by molar-refractivity contribution is -0.143. The Balaban J connectivity index is 1.63. The number of esters is 1. The minimum Gasteiger partial charge on any atom is -0.466 e. The van der Waals surface area contributed by atoms with E-state index in [1.165, 1.54) is 6.26 Å². The molecule has 2 aromatic heterocycles. The van der Waals surface area contributed by atoms with Gasteiger partial charge in [0, 0.05) is 30.7 Å². The quantitative estimate of drug-likeness (QED) is 0.380. The summed E-state index contributed by atoms with van der Waals surface area (Å²) in [6, 6.07) is 15.1. The van der Waals surface area contributed by atoms with Crippen LogP contribution in [-0.4, -0.2) is 34.6 Å². The van der Waals surface area contributed by atoms with Gasteiger partial charge in [-0.1, -0.05) is 36.4 Å². The molecule has 0 fully saturated rings. The first-order chi connectivity index (χ1) is 15.0. The van der Waals surface area contributed by atoms with E-state index in [2.05, 4.69) is 15.3 Å². The number of amides is 1. The first-order valence-corrected chi connectivity index (χ1v) is 10.2. The molecule has 0 radical (unpaired) electrons. The first kappa shape index (κ1) is 22.2. The van der Waals surface area contributed by atoms with Crippen molar-refractivity contribution in [2.75, 3.05) is 6.61 Å². The fourth-order valence-corrected chi connectivity index (χ4v) is 3.21. The lowest BCUT2D eigenvalue weighted by atomic mass is 9.92. The lowest BCUT2D eigenvalue weighted by Gasteiger charge is -2.15. The number of aromatic nitrogens is 2. The van der Waals surface area contributed by atoms with Gasteiger partial charge in [0.1, 0.15) is 6.26 Å². The topological polar surface area (TPSA) is 120 Å². The van der Waals surface area contributed by atoms with Gasteiger partial charge in [0.2, 0.25) is 0 Å². The number of rotatable bonds is 10. The van der Waals surface area contributed by atoms with Gasteiger partial charge in [0.25, 0.3) is 5.91 Å². The zero-order valence-corrected chi connectivity index (χ0v) is 17.4. The Bertz CT molecular complexity index is 976. The smallest absolute Gasteiger partial charge is 0.306 e. The number of oxazole rings is 1. The predicted octanol–water partition coefficient (Wildman–Crippen LogP) is 2.61.